The Kier molecular flexibility index (Phi) is 5.24. The highest BCUT2D eigenvalue weighted by molar-refractivity contribution is 7.99. The molecule has 2 aliphatic rings. The first-order chi connectivity index (χ1) is 12.7. The Morgan fingerprint density at radius 2 is 1.92 bits per heavy atom. The maximum absolute atomic E-state index is 14.2. The highest BCUT2D eigenvalue weighted by Gasteiger charge is 2.31. The molecule has 2 aliphatic carbocycles. The number of nitrogens with zero attached hydrogens (tertiary/aromatic N) is 3. The van der Waals surface area contributed by atoms with Crippen molar-refractivity contribution < 1.29 is 9.18 Å². The zero-order chi connectivity index (χ0) is 17.9. The van der Waals surface area contributed by atoms with Gasteiger partial charge in [-0.25, -0.2) is 4.39 Å². The summed E-state index contributed by atoms with van der Waals surface area (Å²) in [6, 6.07) is 7.25. The molecule has 26 heavy (non-hydrogen) atoms. The van der Waals surface area contributed by atoms with Crippen molar-refractivity contribution >= 4 is 17.7 Å². The second kappa shape index (κ2) is 7.78. The quantitative estimate of drug-likeness (QED) is 0.778. The first-order valence-electron chi connectivity index (χ1n) is 9.34. The molecule has 4 rings (SSSR count). The van der Waals surface area contributed by atoms with Gasteiger partial charge in [-0.1, -0.05) is 43.2 Å². The van der Waals surface area contributed by atoms with Gasteiger partial charge in [-0.3, -0.25) is 9.36 Å². The molecule has 7 heteroatoms. The minimum atomic E-state index is -0.298. The molecule has 2 aromatic rings. The van der Waals surface area contributed by atoms with Crippen molar-refractivity contribution in [2.45, 2.75) is 62.2 Å². The van der Waals surface area contributed by atoms with Gasteiger partial charge >= 0.3 is 0 Å². The Morgan fingerprint density at radius 3 is 2.65 bits per heavy atom. The topological polar surface area (TPSA) is 59.8 Å². The van der Waals surface area contributed by atoms with Crippen molar-refractivity contribution in [3.05, 3.63) is 30.1 Å². The molecule has 0 unspecified atom stereocenters. The Hall–Kier alpha value is -1.89. The van der Waals surface area contributed by atoms with Crippen molar-refractivity contribution in [3.63, 3.8) is 0 Å². The van der Waals surface area contributed by atoms with Gasteiger partial charge < -0.3 is 5.32 Å². The van der Waals surface area contributed by atoms with Crippen LogP contribution in [0.3, 0.4) is 0 Å². The average molecular weight is 374 g/mol. The fraction of sp³-hybridized carbons (Fsp3) is 0.526. The molecule has 0 saturated heterocycles. The summed E-state index contributed by atoms with van der Waals surface area (Å²) in [5, 5.41) is 12.3. The summed E-state index contributed by atoms with van der Waals surface area (Å²) in [6.45, 7) is 0. The number of nitrogens with one attached hydrogen (secondary N) is 1. The Bertz CT molecular complexity index is 784. The zero-order valence-electron chi connectivity index (χ0n) is 14.7. The van der Waals surface area contributed by atoms with Gasteiger partial charge in [-0.05, 0) is 37.8 Å². The van der Waals surface area contributed by atoms with Gasteiger partial charge in [0.25, 0.3) is 0 Å². The van der Waals surface area contributed by atoms with E-state index in [1.165, 1.54) is 37.1 Å². The maximum atomic E-state index is 14.2. The largest absolute Gasteiger partial charge is 0.353 e. The molecule has 0 bridgehead atoms. The smallest absolute Gasteiger partial charge is 0.230 e. The molecule has 0 atom stereocenters. The van der Waals surface area contributed by atoms with Crippen LogP contribution in [0.4, 0.5) is 4.39 Å². The minimum absolute atomic E-state index is 0.0414. The lowest BCUT2D eigenvalue weighted by Crippen LogP contribution is -2.37. The Balaban J connectivity index is 1.45. The number of carbonyl (C=O) groups excluding carboxylic acids is 1. The van der Waals surface area contributed by atoms with E-state index in [1.54, 1.807) is 18.2 Å². The van der Waals surface area contributed by atoms with Gasteiger partial charge in [-0.15, -0.1) is 10.2 Å². The van der Waals surface area contributed by atoms with Crippen LogP contribution in [0.1, 0.15) is 51.0 Å². The lowest BCUT2D eigenvalue weighted by molar-refractivity contribution is -0.119. The second-order valence-corrected chi connectivity index (χ2v) is 8.02. The molecule has 1 aromatic heterocycles. The van der Waals surface area contributed by atoms with Gasteiger partial charge in [0.05, 0.1) is 11.3 Å². The normalized spacial score (nSPS) is 18.0. The summed E-state index contributed by atoms with van der Waals surface area (Å²) in [7, 11) is 0. The van der Waals surface area contributed by atoms with Crippen LogP contribution >= 0.6 is 11.8 Å². The van der Waals surface area contributed by atoms with E-state index in [9.17, 15) is 9.18 Å². The lowest BCUT2D eigenvalue weighted by Gasteiger charge is -2.22. The number of benzene rings is 1. The van der Waals surface area contributed by atoms with Crippen LogP contribution in [0.2, 0.25) is 0 Å². The third-order valence-corrected chi connectivity index (χ3v) is 5.94. The third kappa shape index (κ3) is 3.92. The van der Waals surface area contributed by atoms with E-state index in [1.807, 2.05) is 4.57 Å². The molecule has 1 N–H and O–H groups in total. The van der Waals surface area contributed by atoms with Crippen LogP contribution in [0.15, 0.2) is 29.4 Å². The molecule has 1 heterocycles. The summed E-state index contributed by atoms with van der Waals surface area (Å²) >= 11 is 1.39. The molecule has 2 fully saturated rings. The standard InChI is InChI=1S/C19H23FN4OS/c20-16-9-5-4-8-15(16)18-22-23-19(24(18)14-10-11-14)26-12-17(25)21-13-6-2-1-3-7-13/h4-5,8-9,13-14H,1-3,6-7,10-12H2,(H,21,25). The summed E-state index contributed by atoms with van der Waals surface area (Å²) in [4.78, 5) is 12.3. The number of halogens is 1. The molecule has 1 aromatic carbocycles. The number of hydrogen-bond donors (Lipinski definition) is 1. The van der Waals surface area contributed by atoms with Crippen LogP contribution in [0.25, 0.3) is 11.4 Å². The number of rotatable bonds is 6. The molecule has 0 aliphatic heterocycles. The molecule has 1 amide bonds. The van der Waals surface area contributed by atoms with Crippen molar-refractivity contribution in [1.82, 2.24) is 20.1 Å². The predicted molar refractivity (Wildman–Crippen MR) is 99.4 cm³/mol. The highest BCUT2D eigenvalue weighted by Crippen LogP contribution is 2.41. The predicted octanol–water partition coefficient (Wildman–Crippen LogP) is 3.96. The van der Waals surface area contributed by atoms with Gasteiger partial charge in [0.15, 0.2) is 11.0 Å². The van der Waals surface area contributed by atoms with Gasteiger partial charge in [0, 0.05) is 12.1 Å². The van der Waals surface area contributed by atoms with Crippen molar-refractivity contribution in [2.75, 3.05) is 5.75 Å². The van der Waals surface area contributed by atoms with E-state index in [0.29, 0.717) is 34.4 Å². The Morgan fingerprint density at radius 1 is 1.15 bits per heavy atom. The average Bonchev–Trinajstić information content (AvgIpc) is 3.41. The van der Waals surface area contributed by atoms with Crippen LogP contribution in [0.5, 0.6) is 0 Å². The van der Waals surface area contributed by atoms with E-state index in [4.69, 9.17) is 0 Å². The third-order valence-electron chi connectivity index (χ3n) is 4.99. The van der Waals surface area contributed by atoms with Crippen molar-refractivity contribution in [2.24, 2.45) is 0 Å². The van der Waals surface area contributed by atoms with Gasteiger partial charge in [-0.2, -0.15) is 0 Å². The van der Waals surface area contributed by atoms with Crippen LogP contribution in [-0.4, -0.2) is 32.5 Å². The van der Waals surface area contributed by atoms with E-state index >= 15 is 0 Å². The number of thioether (sulfide) groups is 1. The summed E-state index contributed by atoms with van der Waals surface area (Å²) in [6.07, 6.45) is 7.89. The molecule has 138 valence electrons. The molecular formula is C19H23FN4OS. The van der Waals surface area contributed by atoms with Gasteiger partial charge in [0.2, 0.25) is 5.91 Å². The number of hydrogen-bond acceptors (Lipinski definition) is 4. The summed E-state index contributed by atoms with van der Waals surface area (Å²) in [5.41, 5.74) is 0.463. The minimum Gasteiger partial charge on any atom is -0.353 e. The van der Waals surface area contributed by atoms with E-state index < -0.39 is 0 Å². The van der Waals surface area contributed by atoms with Gasteiger partial charge in [0.1, 0.15) is 5.82 Å². The summed E-state index contributed by atoms with van der Waals surface area (Å²) < 4.78 is 16.2. The Labute approximate surface area is 156 Å². The van der Waals surface area contributed by atoms with Crippen molar-refractivity contribution in [3.8, 4) is 11.4 Å². The SMILES string of the molecule is O=C(CSc1nnc(-c2ccccc2F)n1C1CC1)NC1CCCCC1. The fourth-order valence-corrected chi connectivity index (χ4v) is 4.33. The molecular weight excluding hydrogens is 351 g/mol. The molecule has 2 saturated carbocycles. The molecule has 5 nitrogen and oxygen atoms in total. The number of amides is 1. The van der Waals surface area contributed by atoms with E-state index in [-0.39, 0.29) is 11.7 Å². The monoisotopic (exact) mass is 374 g/mol. The molecule has 0 spiro atoms. The first kappa shape index (κ1) is 17.5. The van der Waals surface area contributed by atoms with Crippen LogP contribution in [-0.2, 0) is 4.79 Å². The van der Waals surface area contributed by atoms with E-state index in [0.717, 1.165) is 25.7 Å². The second-order valence-electron chi connectivity index (χ2n) is 7.08. The molecule has 0 radical (unpaired) electrons. The van der Waals surface area contributed by atoms with E-state index in [2.05, 4.69) is 15.5 Å². The number of carbonyl (C=O) groups is 1. The maximum Gasteiger partial charge on any atom is 0.230 e. The summed E-state index contributed by atoms with van der Waals surface area (Å²) in [5.74, 6) is 0.618. The lowest BCUT2D eigenvalue weighted by atomic mass is 9.95. The zero-order valence-corrected chi connectivity index (χ0v) is 15.5. The number of aromatic nitrogens is 3. The highest BCUT2D eigenvalue weighted by atomic mass is 32.2. The first-order valence-corrected chi connectivity index (χ1v) is 10.3. The fourth-order valence-electron chi connectivity index (χ4n) is 3.51. The van der Waals surface area contributed by atoms with Crippen molar-refractivity contribution in [1.29, 1.82) is 0 Å². The van der Waals surface area contributed by atoms with Crippen LogP contribution in [0, 0.1) is 5.82 Å². The van der Waals surface area contributed by atoms with Crippen LogP contribution < -0.4 is 5.32 Å².